The van der Waals surface area contributed by atoms with Gasteiger partial charge in [0.25, 0.3) is 0 Å². The number of nitrogens with zero attached hydrogens (tertiary/aromatic N) is 1. The van der Waals surface area contributed by atoms with Crippen molar-refractivity contribution in [2.45, 2.75) is 25.8 Å². The van der Waals surface area contributed by atoms with Gasteiger partial charge in [-0.15, -0.1) is 0 Å². The molecule has 7 nitrogen and oxygen atoms in total. The number of para-hydroxylation sites is 1. The lowest BCUT2D eigenvalue weighted by Gasteiger charge is -2.32. The third kappa shape index (κ3) is 5.23. The van der Waals surface area contributed by atoms with Gasteiger partial charge in [0, 0.05) is 30.3 Å². The molecular formula is C23H29N3O4. The van der Waals surface area contributed by atoms with Crippen LogP contribution < -0.4 is 20.1 Å². The molecule has 1 atom stereocenters. The van der Waals surface area contributed by atoms with Crippen LogP contribution >= 0.6 is 0 Å². The Morgan fingerprint density at radius 1 is 1.03 bits per heavy atom. The van der Waals surface area contributed by atoms with Crippen LogP contribution in [0.1, 0.15) is 31.4 Å². The van der Waals surface area contributed by atoms with Gasteiger partial charge in [-0.1, -0.05) is 18.2 Å². The number of piperidine rings is 1. The van der Waals surface area contributed by atoms with E-state index in [0.717, 1.165) is 11.3 Å². The van der Waals surface area contributed by atoms with Crippen molar-refractivity contribution in [1.29, 1.82) is 0 Å². The first kappa shape index (κ1) is 21.5. The third-order valence-corrected chi connectivity index (χ3v) is 5.44. The number of urea groups is 1. The summed E-state index contributed by atoms with van der Waals surface area (Å²) in [5.41, 5.74) is 1.63. The molecule has 1 heterocycles. The molecular weight excluding hydrogens is 382 g/mol. The predicted molar refractivity (Wildman–Crippen MR) is 116 cm³/mol. The minimum Gasteiger partial charge on any atom is -0.497 e. The molecule has 2 N–H and O–H groups in total. The molecule has 0 aromatic heterocycles. The van der Waals surface area contributed by atoms with Gasteiger partial charge < -0.3 is 25.0 Å². The second-order valence-electron chi connectivity index (χ2n) is 7.40. The van der Waals surface area contributed by atoms with E-state index >= 15 is 0 Å². The Morgan fingerprint density at radius 2 is 1.73 bits per heavy atom. The number of carbonyl (C=O) groups excluding carboxylic acids is 2. The van der Waals surface area contributed by atoms with Gasteiger partial charge in [0.15, 0.2) is 0 Å². The van der Waals surface area contributed by atoms with E-state index < -0.39 is 0 Å². The summed E-state index contributed by atoms with van der Waals surface area (Å²) in [6.07, 6.45) is 1.27. The Hall–Kier alpha value is -3.22. The second-order valence-corrected chi connectivity index (χ2v) is 7.40. The number of amides is 3. The van der Waals surface area contributed by atoms with Crippen molar-refractivity contribution in [2.75, 3.05) is 32.6 Å². The average Bonchev–Trinajstić information content (AvgIpc) is 2.79. The molecule has 0 bridgehead atoms. The topological polar surface area (TPSA) is 79.9 Å². The van der Waals surface area contributed by atoms with Crippen LogP contribution in [0.3, 0.4) is 0 Å². The lowest BCUT2D eigenvalue weighted by molar-refractivity contribution is -0.126. The van der Waals surface area contributed by atoms with Crippen molar-refractivity contribution >= 4 is 17.6 Å². The molecule has 3 rings (SSSR count). The van der Waals surface area contributed by atoms with Gasteiger partial charge in [0.1, 0.15) is 11.5 Å². The highest BCUT2D eigenvalue weighted by Gasteiger charge is 2.28. The van der Waals surface area contributed by atoms with E-state index in [-0.39, 0.29) is 23.9 Å². The van der Waals surface area contributed by atoms with Crippen molar-refractivity contribution in [3.05, 3.63) is 54.1 Å². The van der Waals surface area contributed by atoms with Crippen molar-refractivity contribution < 1.29 is 19.1 Å². The largest absolute Gasteiger partial charge is 0.497 e. The number of hydrogen-bond acceptors (Lipinski definition) is 4. The minimum absolute atomic E-state index is 0.00418. The monoisotopic (exact) mass is 411 g/mol. The highest BCUT2D eigenvalue weighted by Crippen LogP contribution is 2.30. The van der Waals surface area contributed by atoms with Gasteiger partial charge in [-0.05, 0) is 50.1 Å². The number of ether oxygens (including phenoxy) is 2. The van der Waals surface area contributed by atoms with Crippen molar-refractivity contribution in [3.8, 4) is 11.5 Å². The molecule has 1 fully saturated rings. The Labute approximate surface area is 177 Å². The fourth-order valence-electron chi connectivity index (χ4n) is 3.66. The number of carbonyl (C=O) groups is 2. The highest BCUT2D eigenvalue weighted by atomic mass is 16.5. The molecule has 7 heteroatoms. The first-order valence-electron chi connectivity index (χ1n) is 10.1. The van der Waals surface area contributed by atoms with Crippen molar-refractivity contribution in [1.82, 2.24) is 10.2 Å². The number of likely N-dealkylation sites (tertiary alicyclic amines) is 1. The lowest BCUT2D eigenvalue weighted by Crippen LogP contribution is -2.44. The molecule has 160 valence electrons. The first-order chi connectivity index (χ1) is 14.5. The fourth-order valence-corrected chi connectivity index (χ4v) is 3.66. The number of benzene rings is 2. The maximum Gasteiger partial charge on any atom is 0.321 e. The second kappa shape index (κ2) is 10.0. The standard InChI is InChI=1S/C23H29N3O4/c1-16(20-15-19(29-2)9-10-21(20)30-3)24-22(27)17-11-13-26(14-12-17)23(28)25-18-7-5-4-6-8-18/h4-10,15-17H,11-14H2,1-3H3,(H,24,27)(H,25,28). The van der Waals surface area contributed by atoms with Gasteiger partial charge in [-0.3, -0.25) is 4.79 Å². The van der Waals surface area contributed by atoms with Crippen molar-refractivity contribution in [3.63, 3.8) is 0 Å². The molecule has 0 spiro atoms. The fraction of sp³-hybridized carbons (Fsp3) is 0.391. The predicted octanol–water partition coefficient (Wildman–Crippen LogP) is 3.83. The number of anilines is 1. The number of nitrogens with one attached hydrogen (secondary N) is 2. The van der Waals surface area contributed by atoms with Gasteiger partial charge in [-0.25, -0.2) is 4.79 Å². The SMILES string of the molecule is COc1ccc(OC)c(C(C)NC(=O)C2CCN(C(=O)Nc3ccccc3)CC2)c1. The molecule has 0 radical (unpaired) electrons. The van der Waals surface area contributed by atoms with E-state index in [0.29, 0.717) is 37.4 Å². The van der Waals surface area contributed by atoms with Crippen LogP contribution in [-0.2, 0) is 4.79 Å². The average molecular weight is 412 g/mol. The zero-order valence-electron chi connectivity index (χ0n) is 17.7. The summed E-state index contributed by atoms with van der Waals surface area (Å²) in [6.45, 7) is 3.03. The van der Waals surface area contributed by atoms with Crippen LogP contribution in [0.25, 0.3) is 0 Å². The first-order valence-corrected chi connectivity index (χ1v) is 10.1. The zero-order valence-corrected chi connectivity index (χ0v) is 17.7. The summed E-state index contributed by atoms with van der Waals surface area (Å²) >= 11 is 0. The number of methoxy groups -OCH3 is 2. The van der Waals surface area contributed by atoms with Crippen LogP contribution in [0.15, 0.2) is 48.5 Å². The van der Waals surface area contributed by atoms with Crippen LogP contribution in [-0.4, -0.2) is 44.1 Å². The van der Waals surface area contributed by atoms with Crippen molar-refractivity contribution in [2.24, 2.45) is 5.92 Å². The summed E-state index contributed by atoms with van der Waals surface area (Å²) in [6, 6.07) is 14.6. The molecule has 1 aliphatic rings. The Bertz CT molecular complexity index is 864. The Balaban J connectivity index is 1.53. The maximum absolute atomic E-state index is 12.8. The van der Waals surface area contributed by atoms with Gasteiger partial charge in [-0.2, -0.15) is 0 Å². The smallest absolute Gasteiger partial charge is 0.321 e. The van der Waals surface area contributed by atoms with E-state index in [1.807, 2.05) is 55.5 Å². The molecule has 2 aromatic rings. The quantitative estimate of drug-likeness (QED) is 0.757. The summed E-state index contributed by atoms with van der Waals surface area (Å²) in [4.78, 5) is 27.0. The van der Waals surface area contributed by atoms with Gasteiger partial charge in [0.2, 0.25) is 5.91 Å². The molecule has 1 saturated heterocycles. The van der Waals surface area contributed by atoms with E-state index in [2.05, 4.69) is 10.6 Å². The van der Waals surface area contributed by atoms with E-state index in [4.69, 9.17) is 9.47 Å². The minimum atomic E-state index is -0.220. The zero-order chi connectivity index (χ0) is 21.5. The third-order valence-electron chi connectivity index (χ3n) is 5.44. The molecule has 1 aliphatic heterocycles. The van der Waals surface area contributed by atoms with Gasteiger partial charge >= 0.3 is 6.03 Å². The van der Waals surface area contributed by atoms with Crippen LogP contribution in [0.2, 0.25) is 0 Å². The molecule has 3 amide bonds. The lowest BCUT2D eigenvalue weighted by atomic mass is 9.95. The normalized spacial score (nSPS) is 15.2. The number of rotatable bonds is 6. The Morgan fingerprint density at radius 3 is 2.37 bits per heavy atom. The highest BCUT2D eigenvalue weighted by molar-refractivity contribution is 5.89. The number of hydrogen-bond donors (Lipinski definition) is 2. The molecule has 30 heavy (non-hydrogen) atoms. The maximum atomic E-state index is 12.8. The van der Waals surface area contributed by atoms with E-state index in [9.17, 15) is 9.59 Å². The van der Waals surface area contributed by atoms with Gasteiger partial charge in [0.05, 0.1) is 20.3 Å². The molecule has 2 aromatic carbocycles. The summed E-state index contributed by atoms with van der Waals surface area (Å²) in [7, 11) is 3.21. The van der Waals surface area contributed by atoms with E-state index in [1.54, 1.807) is 19.1 Å². The summed E-state index contributed by atoms with van der Waals surface area (Å²) in [5, 5.41) is 5.98. The van der Waals surface area contributed by atoms with Crippen LogP contribution in [0.5, 0.6) is 11.5 Å². The summed E-state index contributed by atoms with van der Waals surface area (Å²) in [5.74, 6) is 1.29. The Kier molecular flexibility index (Phi) is 7.17. The molecule has 1 unspecified atom stereocenters. The van der Waals surface area contributed by atoms with Crippen LogP contribution in [0.4, 0.5) is 10.5 Å². The van der Waals surface area contributed by atoms with Crippen LogP contribution in [0, 0.1) is 5.92 Å². The summed E-state index contributed by atoms with van der Waals surface area (Å²) < 4.78 is 10.7. The molecule has 0 saturated carbocycles. The molecule has 0 aliphatic carbocycles. The van der Waals surface area contributed by atoms with E-state index in [1.165, 1.54) is 0 Å².